The average molecular weight is 888 g/mol. The second-order valence-corrected chi connectivity index (χ2v) is 19.2. The van der Waals surface area contributed by atoms with Crippen LogP contribution in [0.15, 0.2) is 200 Å². The molecule has 0 saturated carbocycles. The summed E-state index contributed by atoms with van der Waals surface area (Å²) in [7, 11) is 0. The van der Waals surface area contributed by atoms with Crippen LogP contribution in [0.5, 0.6) is 0 Å². The summed E-state index contributed by atoms with van der Waals surface area (Å²) in [4.78, 5) is 4.70. The maximum Gasteiger partial charge on any atom is 0.0991 e. The summed E-state index contributed by atoms with van der Waals surface area (Å²) in [5.41, 5.74) is 11.0. The third-order valence-electron chi connectivity index (χ3n) is 13.5. The minimum absolute atomic E-state index is 0.627. The van der Waals surface area contributed by atoms with Crippen molar-refractivity contribution < 1.29 is 0 Å². The molecule has 310 valence electrons. The Bertz CT molecular complexity index is 4230. The molecule has 0 fully saturated rings. The molecule has 67 heavy (non-hydrogen) atoms. The Balaban J connectivity index is 1.02. The Morgan fingerprint density at radius 1 is 0.373 bits per heavy atom. The van der Waals surface area contributed by atoms with Crippen LogP contribution in [-0.2, 0) is 0 Å². The van der Waals surface area contributed by atoms with Crippen molar-refractivity contribution in [1.29, 1.82) is 10.5 Å². The minimum Gasteiger partial charge on any atom is -0.309 e. The lowest BCUT2D eigenvalue weighted by molar-refractivity contribution is 1.29. The summed E-state index contributed by atoms with van der Waals surface area (Å²) in [5, 5.41) is 31.7. The summed E-state index contributed by atoms with van der Waals surface area (Å²) in [6.45, 7) is 0. The molecule has 4 heterocycles. The Morgan fingerprint density at radius 3 is 1.48 bits per heavy atom. The van der Waals surface area contributed by atoms with Crippen LogP contribution in [0.25, 0.3) is 89.2 Å². The van der Waals surface area contributed by atoms with Gasteiger partial charge in [-0.2, -0.15) is 10.5 Å². The van der Waals surface area contributed by atoms with E-state index in [1.54, 1.807) is 0 Å². The second-order valence-electron chi connectivity index (χ2n) is 17.1. The third-order valence-corrected chi connectivity index (χ3v) is 15.9. The molecule has 0 radical (unpaired) electrons. The van der Waals surface area contributed by atoms with Crippen LogP contribution >= 0.6 is 22.7 Å². The molecular formula is C60H33N5S2. The zero-order valence-electron chi connectivity index (χ0n) is 35.6. The highest BCUT2D eigenvalue weighted by Crippen LogP contribution is 2.50. The van der Waals surface area contributed by atoms with Crippen LogP contribution in [0.4, 0.5) is 34.1 Å². The molecule has 0 aliphatic carbocycles. The summed E-state index contributed by atoms with van der Waals surface area (Å²) in [5.74, 6) is 0. The number of thiophene rings is 2. The van der Waals surface area contributed by atoms with Crippen LogP contribution < -0.4 is 9.80 Å². The molecule has 0 amide bonds. The smallest absolute Gasteiger partial charge is 0.0991 e. The summed E-state index contributed by atoms with van der Waals surface area (Å²) in [6.07, 6.45) is 0. The molecule has 0 spiro atoms. The maximum absolute atomic E-state index is 9.78. The van der Waals surface area contributed by atoms with Crippen molar-refractivity contribution in [3.8, 4) is 12.1 Å². The SMILES string of the molecule is N#Cc1ccc(N(c2ccc3cc4c5ccc(N(c6ccc(C#N)cc6)c6cccc7c6sc6ccccc67)cc5n5c6ccccc6c(c3c2)c45)c2cccc3c2sc2ccccc23)cc1. The van der Waals surface area contributed by atoms with Gasteiger partial charge in [-0.05, 0) is 120 Å². The Hall–Kier alpha value is -8.72. The van der Waals surface area contributed by atoms with E-state index in [9.17, 15) is 10.5 Å². The number of nitrogens with zero attached hydrogens (tertiary/aromatic N) is 5. The van der Waals surface area contributed by atoms with E-state index in [0.717, 1.165) is 45.2 Å². The predicted molar refractivity (Wildman–Crippen MR) is 283 cm³/mol. The van der Waals surface area contributed by atoms with E-state index in [4.69, 9.17) is 0 Å². The first-order valence-electron chi connectivity index (χ1n) is 22.2. The summed E-state index contributed by atoms with van der Waals surface area (Å²) >= 11 is 3.63. The topological polar surface area (TPSA) is 58.5 Å². The number of rotatable bonds is 6. The lowest BCUT2D eigenvalue weighted by atomic mass is 9.99. The zero-order chi connectivity index (χ0) is 44.3. The van der Waals surface area contributed by atoms with E-state index in [-0.39, 0.29) is 0 Å². The van der Waals surface area contributed by atoms with E-state index >= 15 is 0 Å². The molecule has 7 heteroatoms. The van der Waals surface area contributed by atoms with Crippen molar-refractivity contribution in [2.75, 3.05) is 9.80 Å². The van der Waals surface area contributed by atoms with Gasteiger partial charge in [0.2, 0.25) is 0 Å². The molecule has 14 rings (SSSR count). The van der Waals surface area contributed by atoms with Gasteiger partial charge in [0.15, 0.2) is 0 Å². The van der Waals surface area contributed by atoms with E-state index < -0.39 is 0 Å². The van der Waals surface area contributed by atoms with E-state index in [2.05, 4.69) is 202 Å². The molecule has 4 aromatic heterocycles. The van der Waals surface area contributed by atoms with E-state index in [1.165, 1.54) is 78.2 Å². The first-order valence-corrected chi connectivity index (χ1v) is 23.8. The van der Waals surface area contributed by atoms with Gasteiger partial charge in [0.05, 0.1) is 60.6 Å². The maximum atomic E-state index is 9.78. The first-order chi connectivity index (χ1) is 33.1. The van der Waals surface area contributed by atoms with E-state index in [1.807, 2.05) is 46.9 Å². The number of nitriles is 2. The van der Waals surface area contributed by atoms with Crippen molar-refractivity contribution in [2.24, 2.45) is 0 Å². The number of fused-ring (bicyclic) bond motifs is 14. The highest BCUT2D eigenvalue weighted by Gasteiger charge is 2.25. The summed E-state index contributed by atoms with van der Waals surface area (Å²) in [6, 6.07) is 75.9. The molecule has 0 bridgehead atoms. The molecule has 0 aliphatic heterocycles. The molecule has 5 nitrogen and oxygen atoms in total. The van der Waals surface area contributed by atoms with Crippen molar-refractivity contribution in [2.45, 2.75) is 0 Å². The number of hydrogen-bond acceptors (Lipinski definition) is 6. The Kier molecular flexibility index (Phi) is 8.08. The van der Waals surface area contributed by atoms with E-state index in [0.29, 0.717) is 11.1 Å². The fourth-order valence-electron chi connectivity index (χ4n) is 10.6. The van der Waals surface area contributed by atoms with Gasteiger partial charge in [-0.15, -0.1) is 22.7 Å². The summed E-state index contributed by atoms with van der Waals surface area (Å²) < 4.78 is 7.41. The molecule has 0 atom stereocenters. The average Bonchev–Trinajstić information content (AvgIpc) is 4.14. The monoisotopic (exact) mass is 887 g/mol. The van der Waals surface area contributed by atoms with Gasteiger partial charge in [0, 0.05) is 75.2 Å². The van der Waals surface area contributed by atoms with Crippen molar-refractivity contribution in [3.63, 3.8) is 0 Å². The van der Waals surface area contributed by atoms with Gasteiger partial charge in [-0.25, -0.2) is 0 Å². The van der Waals surface area contributed by atoms with Gasteiger partial charge < -0.3 is 14.2 Å². The number of anilines is 6. The number of para-hydroxylation sites is 1. The Morgan fingerprint density at radius 2 is 0.881 bits per heavy atom. The highest BCUT2D eigenvalue weighted by atomic mass is 32.1. The van der Waals surface area contributed by atoms with Crippen molar-refractivity contribution in [3.05, 3.63) is 211 Å². The number of aromatic nitrogens is 1. The lowest BCUT2D eigenvalue weighted by Crippen LogP contribution is -2.10. The fraction of sp³-hybridized carbons (Fsp3) is 0. The fourth-order valence-corrected chi connectivity index (χ4v) is 13.0. The predicted octanol–water partition coefficient (Wildman–Crippen LogP) is 17.4. The van der Waals surface area contributed by atoms with Crippen LogP contribution in [-0.4, -0.2) is 4.40 Å². The number of hydrogen-bond donors (Lipinski definition) is 0. The normalized spacial score (nSPS) is 11.9. The number of benzene rings is 10. The molecular weight excluding hydrogens is 855 g/mol. The Labute approximate surface area is 392 Å². The standard InChI is InChI=1S/C60H33N5S2/c61-34-36-19-24-39(25-20-36)63(52-15-7-12-46-44-9-2-5-17-55(44)66-59(46)52)41-28-23-38-31-50-43-30-29-42(33-54(43)65-51-14-4-1-11-48(51)57(58(50)65)49(38)32-41)64(40-26-21-37(35-62)22-27-40)53-16-8-13-47-45-10-3-6-18-56(45)67-60(47)53/h1-33H. The minimum atomic E-state index is 0.627. The largest absolute Gasteiger partial charge is 0.309 e. The molecule has 0 saturated heterocycles. The first kappa shape index (κ1) is 37.6. The zero-order valence-corrected chi connectivity index (χ0v) is 37.2. The molecule has 14 aromatic rings. The molecule has 0 unspecified atom stereocenters. The van der Waals surface area contributed by atoms with Gasteiger partial charge in [0.25, 0.3) is 0 Å². The third kappa shape index (κ3) is 5.51. The van der Waals surface area contributed by atoms with Crippen molar-refractivity contribution >= 4 is 146 Å². The van der Waals surface area contributed by atoms with Crippen LogP contribution in [0.3, 0.4) is 0 Å². The van der Waals surface area contributed by atoms with Crippen LogP contribution in [0, 0.1) is 22.7 Å². The second kappa shape index (κ2) is 14.4. The lowest BCUT2D eigenvalue weighted by Gasteiger charge is -2.26. The quantitative estimate of drug-likeness (QED) is 0.167. The van der Waals surface area contributed by atoms with Gasteiger partial charge in [-0.3, -0.25) is 0 Å². The van der Waals surface area contributed by atoms with Crippen LogP contribution in [0.1, 0.15) is 11.1 Å². The van der Waals surface area contributed by atoms with Crippen LogP contribution in [0.2, 0.25) is 0 Å². The van der Waals surface area contributed by atoms with Gasteiger partial charge in [-0.1, -0.05) is 91.0 Å². The van der Waals surface area contributed by atoms with Gasteiger partial charge in [0.1, 0.15) is 0 Å². The molecule has 10 aromatic carbocycles. The highest BCUT2D eigenvalue weighted by molar-refractivity contribution is 7.26. The van der Waals surface area contributed by atoms with Gasteiger partial charge >= 0.3 is 0 Å². The molecule has 0 aliphatic rings. The van der Waals surface area contributed by atoms with Crippen molar-refractivity contribution in [1.82, 2.24) is 4.40 Å². The molecule has 0 N–H and O–H groups in total.